The quantitative estimate of drug-likeness (QED) is 0.339. The third-order valence-electron chi connectivity index (χ3n) is 5.23. The number of hydrogen-bond acceptors (Lipinski definition) is 7. The number of hydrogen-bond donors (Lipinski definition) is 2. The lowest BCUT2D eigenvalue weighted by Gasteiger charge is -2.17. The van der Waals surface area contributed by atoms with Crippen molar-refractivity contribution in [2.24, 2.45) is 0 Å². The molecular formula is C26H24N4O5. The number of esters is 2. The van der Waals surface area contributed by atoms with Crippen LogP contribution in [-0.2, 0) is 32.3 Å². The molecule has 2 aromatic carbocycles. The van der Waals surface area contributed by atoms with Crippen LogP contribution >= 0.6 is 0 Å². The van der Waals surface area contributed by atoms with Crippen molar-refractivity contribution in [1.82, 2.24) is 20.3 Å². The highest BCUT2D eigenvalue weighted by atomic mass is 16.5. The van der Waals surface area contributed by atoms with Crippen LogP contribution in [0.5, 0.6) is 0 Å². The Hall–Kier alpha value is -4.53. The summed E-state index contributed by atoms with van der Waals surface area (Å²) in [6.07, 6.45) is 2.92. The molecule has 0 saturated carbocycles. The summed E-state index contributed by atoms with van der Waals surface area (Å²) in [6, 6.07) is 18.9. The smallest absolute Gasteiger partial charge is 0.328 e. The number of pyridine rings is 1. The Morgan fingerprint density at radius 2 is 1.54 bits per heavy atom. The van der Waals surface area contributed by atoms with E-state index < -0.39 is 23.9 Å². The lowest BCUT2D eigenvalue weighted by atomic mass is 10.1. The van der Waals surface area contributed by atoms with E-state index in [9.17, 15) is 14.4 Å². The van der Waals surface area contributed by atoms with Crippen LogP contribution in [0.4, 0.5) is 0 Å². The molecule has 4 rings (SSSR count). The van der Waals surface area contributed by atoms with Crippen molar-refractivity contribution in [1.29, 1.82) is 0 Å². The normalized spacial score (nSPS) is 11.5. The first-order valence-corrected chi connectivity index (χ1v) is 11.1. The van der Waals surface area contributed by atoms with Crippen molar-refractivity contribution in [2.75, 3.05) is 0 Å². The molecule has 2 N–H and O–H groups in total. The summed E-state index contributed by atoms with van der Waals surface area (Å²) in [6.45, 7) is 0.171. The number of aromatic amines is 1. The molecule has 0 unspecified atom stereocenters. The van der Waals surface area contributed by atoms with Gasteiger partial charge in [0.25, 0.3) is 5.91 Å². The van der Waals surface area contributed by atoms with Crippen LogP contribution in [0.3, 0.4) is 0 Å². The number of amides is 1. The van der Waals surface area contributed by atoms with Gasteiger partial charge in [0, 0.05) is 6.42 Å². The van der Waals surface area contributed by atoms with Gasteiger partial charge in [-0.15, -0.1) is 0 Å². The number of benzene rings is 2. The molecule has 0 aliphatic heterocycles. The number of fused-ring (bicyclic) bond motifs is 1. The molecular weight excluding hydrogens is 448 g/mol. The van der Waals surface area contributed by atoms with E-state index in [1.54, 1.807) is 0 Å². The topological polar surface area (TPSA) is 123 Å². The zero-order chi connectivity index (χ0) is 24.5. The van der Waals surface area contributed by atoms with Gasteiger partial charge in [0.15, 0.2) is 0 Å². The summed E-state index contributed by atoms with van der Waals surface area (Å²) in [7, 11) is 0. The number of aromatic nitrogens is 3. The minimum atomic E-state index is -1.06. The number of rotatable bonds is 10. The van der Waals surface area contributed by atoms with Gasteiger partial charge in [-0.1, -0.05) is 60.7 Å². The lowest BCUT2D eigenvalue weighted by molar-refractivity contribution is -0.148. The van der Waals surface area contributed by atoms with Gasteiger partial charge in [0.2, 0.25) is 0 Å². The molecule has 2 heterocycles. The Morgan fingerprint density at radius 1 is 0.886 bits per heavy atom. The van der Waals surface area contributed by atoms with Gasteiger partial charge in [-0.25, -0.2) is 14.8 Å². The first-order chi connectivity index (χ1) is 17.1. The van der Waals surface area contributed by atoms with Crippen molar-refractivity contribution in [2.45, 2.75) is 32.1 Å². The molecule has 2 aromatic heterocycles. The Balaban J connectivity index is 1.39. The van der Waals surface area contributed by atoms with Gasteiger partial charge >= 0.3 is 11.9 Å². The van der Waals surface area contributed by atoms with Gasteiger partial charge < -0.3 is 19.8 Å². The third-order valence-corrected chi connectivity index (χ3v) is 5.23. The van der Waals surface area contributed by atoms with E-state index in [0.29, 0.717) is 11.0 Å². The average molecular weight is 473 g/mol. The minimum absolute atomic E-state index is 0.0115. The van der Waals surface area contributed by atoms with E-state index in [4.69, 9.17) is 9.47 Å². The van der Waals surface area contributed by atoms with E-state index in [2.05, 4.69) is 20.3 Å². The van der Waals surface area contributed by atoms with E-state index >= 15 is 0 Å². The average Bonchev–Trinajstić information content (AvgIpc) is 3.37. The van der Waals surface area contributed by atoms with Crippen LogP contribution in [0.1, 0.15) is 34.5 Å². The van der Waals surface area contributed by atoms with Gasteiger partial charge in [-0.2, -0.15) is 0 Å². The molecule has 1 atom stereocenters. The fourth-order valence-electron chi connectivity index (χ4n) is 3.34. The molecule has 35 heavy (non-hydrogen) atoms. The number of H-pyrrole nitrogens is 1. The minimum Gasteiger partial charge on any atom is -0.461 e. The fraction of sp³-hybridized carbons (Fsp3) is 0.192. The summed E-state index contributed by atoms with van der Waals surface area (Å²) in [5.41, 5.74) is 3.00. The maximum absolute atomic E-state index is 12.8. The number of nitrogens with zero attached hydrogens (tertiary/aromatic N) is 2. The zero-order valence-electron chi connectivity index (χ0n) is 18.8. The molecule has 0 spiro atoms. The Bertz CT molecular complexity index is 1290. The van der Waals surface area contributed by atoms with Crippen LogP contribution in [0.25, 0.3) is 11.0 Å². The number of carbonyl (C=O) groups excluding carboxylic acids is 3. The highest BCUT2D eigenvalue weighted by molar-refractivity contribution is 5.97. The predicted molar refractivity (Wildman–Crippen MR) is 127 cm³/mol. The Kier molecular flexibility index (Phi) is 7.80. The standard InChI is InChI=1S/C26H24N4O5/c31-24(34-15-18-7-3-1-4-8-18)12-11-20(26(33)35-16-19-9-5-2-6-10-19)30-25(32)22-13-21-23(14-27-22)29-17-28-21/h1-10,13-14,17,20H,11-12,15-16H2,(H,28,29)(H,30,32)/t20-/m0/s1. The maximum Gasteiger partial charge on any atom is 0.328 e. The van der Waals surface area contributed by atoms with Crippen LogP contribution in [0.15, 0.2) is 79.3 Å². The molecule has 0 aliphatic carbocycles. The second kappa shape index (κ2) is 11.6. The van der Waals surface area contributed by atoms with Crippen LogP contribution < -0.4 is 5.32 Å². The highest BCUT2D eigenvalue weighted by Crippen LogP contribution is 2.11. The summed E-state index contributed by atoms with van der Waals surface area (Å²) >= 11 is 0. The number of ether oxygens (including phenoxy) is 2. The largest absolute Gasteiger partial charge is 0.461 e. The van der Waals surface area contributed by atoms with Crippen molar-refractivity contribution in [3.63, 3.8) is 0 Å². The van der Waals surface area contributed by atoms with Crippen molar-refractivity contribution < 1.29 is 23.9 Å². The molecule has 178 valence electrons. The van der Waals surface area contributed by atoms with E-state index in [-0.39, 0.29) is 31.7 Å². The van der Waals surface area contributed by atoms with Gasteiger partial charge in [-0.3, -0.25) is 9.59 Å². The molecule has 4 aromatic rings. The molecule has 0 saturated heterocycles. The molecule has 0 fully saturated rings. The number of imidazole rings is 1. The SMILES string of the molecule is O=C(CC[C@H](NC(=O)c1cc2nc[nH]c2cn1)C(=O)OCc1ccccc1)OCc1ccccc1. The first kappa shape index (κ1) is 23.6. The maximum atomic E-state index is 12.8. The van der Waals surface area contributed by atoms with Crippen LogP contribution in [0, 0.1) is 0 Å². The molecule has 0 radical (unpaired) electrons. The molecule has 0 bridgehead atoms. The Labute approximate surface area is 201 Å². The molecule has 9 heteroatoms. The van der Waals surface area contributed by atoms with Crippen molar-refractivity contribution in [3.05, 3.63) is 96.1 Å². The second-order valence-electron chi connectivity index (χ2n) is 7.79. The summed E-state index contributed by atoms with van der Waals surface area (Å²) in [5, 5.41) is 2.63. The predicted octanol–water partition coefficient (Wildman–Crippen LogP) is 3.32. The third kappa shape index (κ3) is 6.73. The highest BCUT2D eigenvalue weighted by Gasteiger charge is 2.25. The van der Waals surface area contributed by atoms with Crippen LogP contribution in [0.2, 0.25) is 0 Å². The lowest BCUT2D eigenvalue weighted by Crippen LogP contribution is -2.42. The van der Waals surface area contributed by atoms with Crippen LogP contribution in [-0.4, -0.2) is 38.8 Å². The van der Waals surface area contributed by atoms with Gasteiger partial charge in [0.1, 0.15) is 24.9 Å². The zero-order valence-corrected chi connectivity index (χ0v) is 18.8. The molecule has 9 nitrogen and oxygen atoms in total. The van der Waals surface area contributed by atoms with E-state index in [1.165, 1.54) is 18.6 Å². The summed E-state index contributed by atoms with van der Waals surface area (Å²) < 4.78 is 10.7. The monoisotopic (exact) mass is 472 g/mol. The summed E-state index contributed by atoms with van der Waals surface area (Å²) in [4.78, 5) is 49.1. The Morgan fingerprint density at radius 3 is 2.23 bits per heavy atom. The first-order valence-electron chi connectivity index (χ1n) is 11.1. The van der Waals surface area contributed by atoms with E-state index in [0.717, 1.165) is 11.1 Å². The van der Waals surface area contributed by atoms with Crippen molar-refractivity contribution in [3.8, 4) is 0 Å². The van der Waals surface area contributed by atoms with E-state index in [1.807, 2.05) is 60.7 Å². The number of nitrogens with one attached hydrogen (secondary N) is 2. The molecule has 0 aliphatic rings. The fourth-order valence-corrected chi connectivity index (χ4v) is 3.34. The van der Waals surface area contributed by atoms with Gasteiger partial charge in [0.05, 0.1) is 23.6 Å². The number of carbonyl (C=O) groups is 3. The van der Waals surface area contributed by atoms with Crippen molar-refractivity contribution >= 4 is 28.9 Å². The summed E-state index contributed by atoms with van der Waals surface area (Å²) in [5.74, 6) is -1.71. The molecule has 1 amide bonds. The van der Waals surface area contributed by atoms with Gasteiger partial charge in [-0.05, 0) is 23.6 Å². The second-order valence-corrected chi connectivity index (χ2v) is 7.79.